The van der Waals surface area contributed by atoms with Crippen LogP contribution in [0, 0.1) is 0 Å². The fourth-order valence-electron chi connectivity index (χ4n) is 1.57. The second-order valence-corrected chi connectivity index (χ2v) is 5.97. The van der Waals surface area contributed by atoms with Crippen LogP contribution in [0.15, 0.2) is 16.7 Å². The van der Waals surface area contributed by atoms with Gasteiger partial charge in [-0.1, -0.05) is 20.8 Å². The molecule has 14 heavy (non-hydrogen) atoms. The monoisotopic (exact) mass is 253 g/mol. The van der Waals surface area contributed by atoms with E-state index in [1.165, 1.54) is 28.6 Å². The molecule has 1 aromatic rings. The molecule has 0 aromatic carbocycles. The zero-order valence-corrected chi connectivity index (χ0v) is 10.6. The SMILES string of the molecule is CC(C)(C)c1cc(C2CC2)c(Br)cn1. The Bertz CT molecular complexity index is 348. The molecule has 1 aliphatic rings. The molecule has 0 radical (unpaired) electrons. The van der Waals surface area contributed by atoms with Crippen LogP contribution in [0.5, 0.6) is 0 Å². The summed E-state index contributed by atoms with van der Waals surface area (Å²) in [5, 5.41) is 0. The van der Waals surface area contributed by atoms with Gasteiger partial charge in [0.2, 0.25) is 0 Å². The van der Waals surface area contributed by atoms with Crippen molar-refractivity contribution in [2.24, 2.45) is 0 Å². The van der Waals surface area contributed by atoms with Gasteiger partial charge in [0.05, 0.1) is 0 Å². The number of halogens is 1. The fourth-order valence-corrected chi connectivity index (χ4v) is 2.11. The summed E-state index contributed by atoms with van der Waals surface area (Å²) in [7, 11) is 0. The van der Waals surface area contributed by atoms with Crippen LogP contribution < -0.4 is 0 Å². The maximum atomic E-state index is 4.47. The van der Waals surface area contributed by atoms with Crippen molar-refractivity contribution in [3.8, 4) is 0 Å². The van der Waals surface area contributed by atoms with E-state index >= 15 is 0 Å². The van der Waals surface area contributed by atoms with Crippen LogP contribution >= 0.6 is 15.9 Å². The fraction of sp³-hybridized carbons (Fsp3) is 0.583. The van der Waals surface area contributed by atoms with Crippen LogP contribution in [0.2, 0.25) is 0 Å². The molecule has 0 unspecified atom stereocenters. The molecule has 1 saturated carbocycles. The highest BCUT2D eigenvalue weighted by Gasteiger charge is 2.27. The van der Waals surface area contributed by atoms with Gasteiger partial charge in [0.1, 0.15) is 0 Å². The van der Waals surface area contributed by atoms with Gasteiger partial charge in [-0.05, 0) is 46.3 Å². The van der Waals surface area contributed by atoms with Crippen LogP contribution in [0.3, 0.4) is 0 Å². The predicted octanol–water partition coefficient (Wildman–Crippen LogP) is 4.02. The van der Waals surface area contributed by atoms with E-state index in [4.69, 9.17) is 0 Å². The Labute approximate surface area is 94.1 Å². The van der Waals surface area contributed by atoms with Crippen molar-refractivity contribution >= 4 is 15.9 Å². The summed E-state index contributed by atoms with van der Waals surface area (Å²) in [6.45, 7) is 6.62. The largest absolute Gasteiger partial charge is 0.260 e. The van der Waals surface area contributed by atoms with Gasteiger partial charge in [-0.2, -0.15) is 0 Å². The zero-order valence-electron chi connectivity index (χ0n) is 8.97. The van der Waals surface area contributed by atoms with Crippen molar-refractivity contribution in [1.29, 1.82) is 0 Å². The normalized spacial score (nSPS) is 17.1. The maximum Gasteiger partial charge on any atom is 0.0460 e. The van der Waals surface area contributed by atoms with E-state index in [0.29, 0.717) is 0 Å². The van der Waals surface area contributed by atoms with Crippen LogP contribution in [0.1, 0.15) is 50.8 Å². The molecule has 0 aliphatic heterocycles. The molecule has 0 spiro atoms. The summed E-state index contributed by atoms with van der Waals surface area (Å²) in [5.41, 5.74) is 2.80. The Morgan fingerprint density at radius 1 is 1.36 bits per heavy atom. The summed E-state index contributed by atoms with van der Waals surface area (Å²) in [6.07, 6.45) is 4.63. The van der Waals surface area contributed by atoms with Crippen LogP contribution in [-0.2, 0) is 5.41 Å². The smallest absolute Gasteiger partial charge is 0.0460 e. The lowest BCUT2D eigenvalue weighted by molar-refractivity contribution is 0.567. The first-order valence-electron chi connectivity index (χ1n) is 5.14. The van der Waals surface area contributed by atoms with Gasteiger partial charge in [-0.15, -0.1) is 0 Å². The van der Waals surface area contributed by atoms with Crippen molar-refractivity contribution in [3.63, 3.8) is 0 Å². The highest BCUT2D eigenvalue weighted by Crippen LogP contribution is 2.43. The standard InChI is InChI=1S/C12H16BrN/c1-12(2,3)11-6-9(8-4-5-8)10(13)7-14-11/h6-8H,4-5H2,1-3H3. The summed E-state index contributed by atoms with van der Waals surface area (Å²) < 4.78 is 1.17. The quantitative estimate of drug-likeness (QED) is 0.737. The first kappa shape index (κ1) is 10.2. The lowest BCUT2D eigenvalue weighted by atomic mass is 9.90. The van der Waals surface area contributed by atoms with Gasteiger partial charge < -0.3 is 0 Å². The lowest BCUT2D eigenvalue weighted by Gasteiger charge is -2.18. The summed E-state index contributed by atoms with van der Waals surface area (Å²) in [6, 6.07) is 2.27. The number of nitrogens with zero attached hydrogens (tertiary/aromatic N) is 1. The molecule has 0 saturated heterocycles. The molecule has 1 aliphatic carbocycles. The molecular weight excluding hydrogens is 238 g/mol. The molecule has 0 N–H and O–H groups in total. The highest BCUT2D eigenvalue weighted by atomic mass is 79.9. The second kappa shape index (κ2) is 3.34. The molecule has 0 amide bonds. The van der Waals surface area contributed by atoms with Crippen molar-refractivity contribution in [2.45, 2.75) is 44.9 Å². The number of pyridine rings is 1. The summed E-state index contributed by atoms with van der Waals surface area (Å²) >= 11 is 3.58. The number of hydrogen-bond acceptors (Lipinski definition) is 1. The minimum atomic E-state index is 0.157. The lowest BCUT2D eigenvalue weighted by Crippen LogP contribution is -2.13. The van der Waals surface area contributed by atoms with Gasteiger partial charge in [0, 0.05) is 21.8 Å². The summed E-state index contributed by atoms with van der Waals surface area (Å²) in [5.74, 6) is 0.786. The van der Waals surface area contributed by atoms with Gasteiger partial charge in [-0.25, -0.2) is 0 Å². The first-order valence-corrected chi connectivity index (χ1v) is 5.93. The van der Waals surface area contributed by atoms with E-state index in [-0.39, 0.29) is 5.41 Å². The van der Waals surface area contributed by atoms with Crippen molar-refractivity contribution < 1.29 is 0 Å². The molecule has 1 fully saturated rings. The van der Waals surface area contributed by atoms with Crippen molar-refractivity contribution in [1.82, 2.24) is 4.98 Å². The first-order chi connectivity index (χ1) is 6.48. The third-order valence-electron chi connectivity index (χ3n) is 2.67. The average molecular weight is 254 g/mol. The molecule has 76 valence electrons. The number of rotatable bonds is 1. The topological polar surface area (TPSA) is 12.9 Å². The minimum absolute atomic E-state index is 0.157. The average Bonchev–Trinajstić information content (AvgIpc) is 2.85. The second-order valence-electron chi connectivity index (χ2n) is 5.12. The van der Waals surface area contributed by atoms with E-state index < -0.39 is 0 Å². The van der Waals surface area contributed by atoms with Crippen LogP contribution in [-0.4, -0.2) is 4.98 Å². The maximum absolute atomic E-state index is 4.47. The van der Waals surface area contributed by atoms with E-state index in [2.05, 4.69) is 47.8 Å². The van der Waals surface area contributed by atoms with Gasteiger partial charge in [0.15, 0.2) is 0 Å². The van der Waals surface area contributed by atoms with Gasteiger partial charge >= 0.3 is 0 Å². The van der Waals surface area contributed by atoms with Crippen molar-refractivity contribution in [2.75, 3.05) is 0 Å². The Kier molecular flexibility index (Phi) is 2.42. The van der Waals surface area contributed by atoms with Gasteiger partial charge in [0.25, 0.3) is 0 Å². The molecule has 1 heterocycles. The van der Waals surface area contributed by atoms with Crippen LogP contribution in [0.4, 0.5) is 0 Å². The minimum Gasteiger partial charge on any atom is -0.260 e. The summed E-state index contributed by atoms with van der Waals surface area (Å²) in [4.78, 5) is 4.47. The van der Waals surface area contributed by atoms with E-state index in [1.807, 2.05) is 6.20 Å². The number of aromatic nitrogens is 1. The highest BCUT2D eigenvalue weighted by molar-refractivity contribution is 9.10. The van der Waals surface area contributed by atoms with E-state index in [9.17, 15) is 0 Å². The Morgan fingerprint density at radius 3 is 2.50 bits per heavy atom. The molecule has 2 heteroatoms. The predicted molar refractivity (Wildman–Crippen MR) is 62.6 cm³/mol. The van der Waals surface area contributed by atoms with E-state index in [0.717, 1.165) is 5.92 Å². The molecule has 0 bridgehead atoms. The zero-order chi connectivity index (χ0) is 10.3. The molecular formula is C12H16BrN. The third-order valence-corrected chi connectivity index (χ3v) is 3.33. The van der Waals surface area contributed by atoms with Crippen molar-refractivity contribution in [3.05, 3.63) is 28.0 Å². The number of hydrogen-bond donors (Lipinski definition) is 0. The van der Waals surface area contributed by atoms with Crippen LogP contribution in [0.25, 0.3) is 0 Å². The Morgan fingerprint density at radius 2 is 2.00 bits per heavy atom. The van der Waals surface area contributed by atoms with E-state index in [1.54, 1.807) is 0 Å². The Hall–Kier alpha value is -0.370. The Balaban J connectivity index is 2.40. The molecule has 2 rings (SSSR count). The van der Waals surface area contributed by atoms with Gasteiger partial charge in [-0.3, -0.25) is 4.98 Å². The molecule has 0 atom stereocenters. The third kappa shape index (κ3) is 2.00. The molecule has 1 nitrogen and oxygen atoms in total. The molecule has 1 aromatic heterocycles.